The topological polar surface area (TPSA) is 0 Å². The van der Waals surface area contributed by atoms with Gasteiger partial charge in [0.2, 0.25) is 0 Å². The summed E-state index contributed by atoms with van der Waals surface area (Å²) in [4.78, 5) is 0. The van der Waals surface area contributed by atoms with E-state index in [1.54, 1.807) is 0 Å². The summed E-state index contributed by atoms with van der Waals surface area (Å²) < 4.78 is 0. The molecule has 9 rings (SSSR count). The van der Waals surface area contributed by atoms with Crippen LogP contribution in [0, 0.1) is 22.7 Å². The predicted molar refractivity (Wildman–Crippen MR) is 357 cm³/mol. The summed E-state index contributed by atoms with van der Waals surface area (Å²) >= 11 is 0. The van der Waals surface area contributed by atoms with Gasteiger partial charge >= 0.3 is 0 Å². The van der Waals surface area contributed by atoms with E-state index in [2.05, 4.69) is 337 Å². The highest BCUT2D eigenvalue weighted by atomic mass is 14.3. The van der Waals surface area contributed by atoms with Gasteiger partial charge in [0.1, 0.15) is 0 Å². The van der Waals surface area contributed by atoms with Crippen LogP contribution in [-0.4, -0.2) is 0 Å². The third-order valence-electron chi connectivity index (χ3n) is 16.9. The minimum Gasteiger partial charge on any atom is -0.0795 e. The Kier molecular flexibility index (Phi) is 16.5. The Morgan fingerprint density at radius 3 is 1.06 bits per heavy atom. The Hall–Kier alpha value is -7.28. The summed E-state index contributed by atoms with van der Waals surface area (Å²) in [6.45, 7) is 41.4. The molecule has 6 aromatic carbocycles. The lowest BCUT2D eigenvalue weighted by Gasteiger charge is -2.25. The second-order valence-electron chi connectivity index (χ2n) is 29.5. The zero-order valence-corrected chi connectivity index (χ0v) is 53.0. The molecule has 3 aliphatic carbocycles. The van der Waals surface area contributed by atoms with E-state index in [9.17, 15) is 0 Å². The maximum atomic E-state index is 2.51. The van der Waals surface area contributed by atoms with E-state index in [0.29, 0.717) is 0 Å². The standard InChI is InChI=1S/C82H92/c1-77(2,3)67-40-28-55(29-41-67)73(56-30-42-68(43-31-56)78(4,5)6)61-22-19-25-64(52-61)76(65-26-20-23-62(53-65)74(57-32-44-69(45-33-57)79(7,8)9)58-34-46-70(47-35-58)80(10,11)12)66-27-21-24-63(54-66)75(59-36-48-71(49-37-59)81(13,14)15)60-38-50-72(51-39-60)82(16,17)18/h19-23,25-54,73H,24H2,1-18H3/q+2. The fourth-order valence-electron chi connectivity index (χ4n) is 11.7. The highest BCUT2D eigenvalue weighted by Gasteiger charge is 2.32. The van der Waals surface area contributed by atoms with Crippen molar-refractivity contribution in [2.75, 3.05) is 0 Å². The maximum absolute atomic E-state index is 2.51. The van der Waals surface area contributed by atoms with Gasteiger partial charge in [-0.2, -0.15) is 0 Å². The van der Waals surface area contributed by atoms with E-state index in [1.807, 2.05) is 0 Å². The van der Waals surface area contributed by atoms with E-state index in [1.165, 1.54) is 118 Å². The van der Waals surface area contributed by atoms with Crippen molar-refractivity contribution < 1.29 is 0 Å². The van der Waals surface area contributed by atoms with Crippen LogP contribution in [0.1, 0.15) is 204 Å². The van der Waals surface area contributed by atoms with Crippen molar-refractivity contribution in [1.29, 1.82) is 0 Å². The molecule has 0 aliphatic heterocycles. The average molecular weight is 1080 g/mol. The lowest BCUT2D eigenvalue weighted by Crippen LogP contribution is -2.15. The molecule has 0 heterocycles. The Morgan fingerprint density at radius 1 is 0.329 bits per heavy atom. The van der Waals surface area contributed by atoms with Gasteiger partial charge in [0.05, 0.1) is 47.3 Å². The smallest absolute Gasteiger partial charge is 0.0795 e. The van der Waals surface area contributed by atoms with Crippen molar-refractivity contribution >= 4 is 16.7 Å². The van der Waals surface area contributed by atoms with Crippen molar-refractivity contribution in [2.24, 2.45) is 10.8 Å². The molecule has 6 aromatic rings. The third-order valence-corrected chi connectivity index (χ3v) is 16.9. The minimum atomic E-state index is 0.00715. The molecular weight excluding hydrogens is 985 g/mol. The Morgan fingerprint density at radius 2 is 0.671 bits per heavy atom. The monoisotopic (exact) mass is 1080 g/mol. The van der Waals surface area contributed by atoms with Gasteiger partial charge in [-0.1, -0.05) is 241 Å². The molecule has 418 valence electrons. The molecule has 0 amide bonds. The summed E-state index contributed by atoms with van der Waals surface area (Å²) in [5.74, 6) is 2.66. The molecule has 0 radical (unpaired) electrons. The number of allylic oxidation sites excluding steroid dienone is 16. The van der Waals surface area contributed by atoms with Crippen molar-refractivity contribution in [1.82, 2.24) is 0 Å². The first-order valence-corrected chi connectivity index (χ1v) is 30.1. The van der Waals surface area contributed by atoms with Gasteiger partial charge in [-0.3, -0.25) is 0 Å². The Labute approximate surface area is 496 Å². The maximum Gasteiger partial charge on any atom is 0.0922 e. The van der Waals surface area contributed by atoms with Gasteiger partial charge in [0.25, 0.3) is 0 Å². The third kappa shape index (κ3) is 13.5. The Bertz CT molecular complexity index is 3480. The van der Waals surface area contributed by atoms with Crippen LogP contribution in [0.2, 0.25) is 0 Å². The lowest BCUT2D eigenvalue weighted by atomic mass is 9.76. The number of hydrogen-bond donors (Lipinski definition) is 0. The molecule has 0 saturated carbocycles. The zero-order valence-electron chi connectivity index (χ0n) is 53.0. The van der Waals surface area contributed by atoms with Crippen LogP contribution >= 0.6 is 0 Å². The SMILES string of the molecule is CC(C)(C)c1ccc(C(C2=CC(=C(c3cccc(C(=C4C=C[C+](C(C)(C)C)C=C4)c4ccc(C(C)(C)C)cc4)c3)c3cccc(C(c4ccc(C(C)(C)C)cc4)c4ccc(C(C)(C)C)cc4)c3)C=CC2)=C2C=C[C+](C(C)(C)C)C=C2)cc1. The van der Waals surface area contributed by atoms with Crippen LogP contribution in [0.15, 0.2) is 235 Å². The summed E-state index contributed by atoms with van der Waals surface area (Å²) in [6.07, 6.45) is 26.8. The van der Waals surface area contributed by atoms with Crippen molar-refractivity contribution in [3.05, 3.63) is 313 Å². The van der Waals surface area contributed by atoms with Crippen LogP contribution in [0.25, 0.3) is 16.7 Å². The van der Waals surface area contributed by atoms with E-state index in [0.717, 1.165) is 6.42 Å². The van der Waals surface area contributed by atoms with Crippen LogP contribution in [0.4, 0.5) is 0 Å². The fraction of sp³-hybridized carbons (Fsp3) is 0.317. The molecule has 0 spiro atoms. The molecule has 0 nitrogen and oxygen atoms in total. The van der Waals surface area contributed by atoms with E-state index in [-0.39, 0.29) is 38.4 Å². The zero-order chi connectivity index (χ0) is 59.2. The molecule has 0 unspecified atom stereocenters. The highest BCUT2D eigenvalue weighted by Crippen LogP contribution is 2.44. The van der Waals surface area contributed by atoms with Gasteiger partial charge in [-0.25, -0.2) is 0 Å². The van der Waals surface area contributed by atoms with Crippen molar-refractivity contribution in [3.8, 4) is 0 Å². The molecule has 82 heavy (non-hydrogen) atoms. The Balaban J connectivity index is 1.30. The van der Waals surface area contributed by atoms with E-state index >= 15 is 0 Å². The largest absolute Gasteiger partial charge is 0.0922 e. The molecular formula is C82H92+2. The molecule has 0 fully saturated rings. The van der Waals surface area contributed by atoms with Crippen LogP contribution in [0.3, 0.4) is 0 Å². The molecule has 0 saturated heterocycles. The quantitative estimate of drug-likeness (QED) is 0.1000. The van der Waals surface area contributed by atoms with Gasteiger partial charge in [-0.05, 0) is 159 Å². The predicted octanol–water partition coefficient (Wildman–Crippen LogP) is 22.5. The highest BCUT2D eigenvalue weighted by molar-refractivity contribution is 5.93. The molecule has 0 atom stereocenters. The molecule has 3 aliphatic rings. The van der Waals surface area contributed by atoms with E-state index in [4.69, 9.17) is 0 Å². The first kappa shape index (κ1) is 59.3. The summed E-state index contributed by atoms with van der Waals surface area (Å²) in [6, 6.07) is 56.4. The molecule has 0 heteroatoms. The van der Waals surface area contributed by atoms with Gasteiger partial charge in [-0.15, -0.1) is 0 Å². The average Bonchev–Trinajstić information content (AvgIpc) is 3.63. The van der Waals surface area contributed by atoms with Crippen LogP contribution < -0.4 is 0 Å². The summed E-state index contributed by atoms with van der Waals surface area (Å²) in [5.41, 5.74) is 24.0. The molecule has 0 N–H and O–H groups in total. The van der Waals surface area contributed by atoms with Crippen molar-refractivity contribution in [2.45, 2.75) is 159 Å². The first-order chi connectivity index (χ1) is 38.4. The van der Waals surface area contributed by atoms with Gasteiger partial charge in [0, 0.05) is 52.2 Å². The fourth-order valence-corrected chi connectivity index (χ4v) is 11.7. The summed E-state index contributed by atoms with van der Waals surface area (Å²) in [5, 5.41) is 0. The number of benzene rings is 6. The van der Waals surface area contributed by atoms with E-state index < -0.39 is 0 Å². The summed E-state index contributed by atoms with van der Waals surface area (Å²) in [7, 11) is 0. The van der Waals surface area contributed by atoms with Crippen LogP contribution in [0.5, 0.6) is 0 Å². The van der Waals surface area contributed by atoms with Gasteiger partial charge in [0.15, 0.2) is 0 Å². The lowest BCUT2D eigenvalue weighted by molar-refractivity contribution is 0.473. The second kappa shape index (κ2) is 22.8. The number of hydrogen-bond acceptors (Lipinski definition) is 0. The first-order valence-electron chi connectivity index (χ1n) is 30.1. The number of rotatable bonds is 9. The van der Waals surface area contributed by atoms with Crippen molar-refractivity contribution in [3.63, 3.8) is 0 Å². The minimum absolute atomic E-state index is 0.00715. The van der Waals surface area contributed by atoms with Crippen LogP contribution in [-0.2, 0) is 21.7 Å². The molecule has 0 aromatic heterocycles. The normalized spacial score (nSPS) is 15.9. The van der Waals surface area contributed by atoms with Gasteiger partial charge < -0.3 is 0 Å². The molecule has 0 bridgehead atoms. The second-order valence-corrected chi connectivity index (χ2v) is 29.5.